The highest BCUT2D eigenvalue weighted by Gasteiger charge is 2.42. The fourth-order valence-corrected chi connectivity index (χ4v) is 3.64. The first-order valence-electron chi connectivity index (χ1n) is 7.49. The SMILES string of the molecule is CCCC1(Cn2c(CCCl)nc3cc(Cl)c(Cl)cc32)CC1. The molecule has 5 heteroatoms. The van der Waals surface area contributed by atoms with Crippen LogP contribution < -0.4 is 0 Å². The highest BCUT2D eigenvalue weighted by Crippen LogP contribution is 2.51. The monoisotopic (exact) mass is 344 g/mol. The van der Waals surface area contributed by atoms with Crippen LogP contribution in [0.5, 0.6) is 0 Å². The molecule has 1 aliphatic rings. The van der Waals surface area contributed by atoms with E-state index in [1.165, 1.54) is 25.7 Å². The number of imidazole rings is 1. The molecule has 1 heterocycles. The highest BCUT2D eigenvalue weighted by molar-refractivity contribution is 6.42. The lowest BCUT2D eigenvalue weighted by Gasteiger charge is -2.17. The van der Waals surface area contributed by atoms with Crippen molar-refractivity contribution in [2.24, 2.45) is 5.41 Å². The van der Waals surface area contributed by atoms with E-state index in [-0.39, 0.29) is 0 Å². The van der Waals surface area contributed by atoms with Crippen LogP contribution in [0.4, 0.5) is 0 Å². The van der Waals surface area contributed by atoms with Crippen molar-refractivity contribution in [1.82, 2.24) is 9.55 Å². The molecular weight excluding hydrogens is 327 g/mol. The highest BCUT2D eigenvalue weighted by atomic mass is 35.5. The minimum absolute atomic E-state index is 0.454. The van der Waals surface area contributed by atoms with Gasteiger partial charge in [0, 0.05) is 18.8 Å². The van der Waals surface area contributed by atoms with Gasteiger partial charge in [0.15, 0.2) is 0 Å². The average molecular weight is 346 g/mol. The average Bonchev–Trinajstić information content (AvgIpc) is 3.13. The molecule has 21 heavy (non-hydrogen) atoms. The Labute approximate surface area is 140 Å². The van der Waals surface area contributed by atoms with Crippen LogP contribution in [-0.2, 0) is 13.0 Å². The third-order valence-corrected chi connectivity index (χ3v) is 5.33. The van der Waals surface area contributed by atoms with E-state index in [1.807, 2.05) is 12.1 Å². The van der Waals surface area contributed by atoms with Crippen molar-refractivity contribution < 1.29 is 0 Å². The molecule has 1 aromatic heterocycles. The molecule has 1 aliphatic carbocycles. The third kappa shape index (κ3) is 3.04. The molecule has 0 unspecified atom stereocenters. The molecule has 0 radical (unpaired) electrons. The first-order chi connectivity index (χ1) is 10.1. The molecule has 0 amide bonds. The van der Waals surface area contributed by atoms with Crippen LogP contribution in [0.3, 0.4) is 0 Å². The molecule has 3 rings (SSSR count). The Morgan fingerprint density at radius 3 is 2.57 bits per heavy atom. The van der Waals surface area contributed by atoms with Gasteiger partial charge >= 0.3 is 0 Å². The lowest BCUT2D eigenvalue weighted by Crippen LogP contribution is -2.14. The quantitative estimate of drug-likeness (QED) is 0.614. The minimum atomic E-state index is 0.454. The van der Waals surface area contributed by atoms with E-state index in [0.29, 0.717) is 21.3 Å². The van der Waals surface area contributed by atoms with Gasteiger partial charge in [0.2, 0.25) is 0 Å². The van der Waals surface area contributed by atoms with Gasteiger partial charge in [-0.3, -0.25) is 0 Å². The maximum atomic E-state index is 6.19. The fourth-order valence-electron chi connectivity index (χ4n) is 3.15. The van der Waals surface area contributed by atoms with Crippen LogP contribution in [0.1, 0.15) is 38.4 Å². The molecule has 2 nitrogen and oxygen atoms in total. The molecule has 0 atom stereocenters. The summed E-state index contributed by atoms with van der Waals surface area (Å²) in [6.45, 7) is 3.27. The van der Waals surface area contributed by atoms with E-state index in [1.54, 1.807) is 0 Å². The van der Waals surface area contributed by atoms with Crippen molar-refractivity contribution in [3.63, 3.8) is 0 Å². The predicted octanol–water partition coefficient (Wildman–Crippen LogP) is 5.70. The molecule has 0 aliphatic heterocycles. The van der Waals surface area contributed by atoms with Gasteiger partial charge in [-0.15, -0.1) is 11.6 Å². The Morgan fingerprint density at radius 1 is 1.24 bits per heavy atom. The van der Waals surface area contributed by atoms with Gasteiger partial charge in [0.1, 0.15) is 5.82 Å². The number of hydrogen-bond donors (Lipinski definition) is 0. The molecular formula is C16H19Cl3N2. The molecule has 1 aromatic carbocycles. The zero-order valence-electron chi connectivity index (χ0n) is 12.1. The summed E-state index contributed by atoms with van der Waals surface area (Å²) in [5.74, 6) is 1.62. The van der Waals surface area contributed by atoms with E-state index in [0.717, 1.165) is 29.8 Å². The van der Waals surface area contributed by atoms with Crippen molar-refractivity contribution in [1.29, 1.82) is 0 Å². The number of benzene rings is 1. The summed E-state index contributed by atoms with van der Waals surface area (Å²) in [6, 6.07) is 3.79. The van der Waals surface area contributed by atoms with E-state index in [4.69, 9.17) is 39.8 Å². The maximum absolute atomic E-state index is 6.19. The first kappa shape index (κ1) is 15.5. The van der Waals surface area contributed by atoms with Crippen LogP contribution in [0.15, 0.2) is 12.1 Å². The van der Waals surface area contributed by atoms with Crippen LogP contribution in [-0.4, -0.2) is 15.4 Å². The second-order valence-electron chi connectivity index (χ2n) is 6.06. The van der Waals surface area contributed by atoms with Crippen molar-refractivity contribution in [2.45, 2.75) is 45.6 Å². The van der Waals surface area contributed by atoms with Crippen molar-refractivity contribution in [3.8, 4) is 0 Å². The Balaban J connectivity index is 2.05. The molecule has 2 aromatic rings. The zero-order chi connectivity index (χ0) is 15.0. The van der Waals surface area contributed by atoms with Gasteiger partial charge in [-0.2, -0.15) is 0 Å². The van der Waals surface area contributed by atoms with Gasteiger partial charge in [-0.25, -0.2) is 4.98 Å². The standard InChI is InChI=1S/C16H19Cl3N2/c1-2-4-16(5-6-16)10-21-14-9-12(19)11(18)8-13(14)20-15(21)3-7-17/h8-9H,2-7,10H2,1H3. The van der Waals surface area contributed by atoms with Crippen molar-refractivity contribution in [2.75, 3.05) is 5.88 Å². The smallest absolute Gasteiger partial charge is 0.111 e. The summed E-state index contributed by atoms with van der Waals surface area (Å²) in [4.78, 5) is 4.71. The van der Waals surface area contributed by atoms with Crippen LogP contribution in [0.2, 0.25) is 10.0 Å². The largest absolute Gasteiger partial charge is 0.327 e. The number of nitrogens with zero attached hydrogens (tertiary/aromatic N) is 2. The number of rotatable bonds is 6. The molecule has 0 spiro atoms. The van der Waals surface area contributed by atoms with Gasteiger partial charge < -0.3 is 4.57 Å². The Bertz CT molecular complexity index is 659. The van der Waals surface area contributed by atoms with Crippen molar-refractivity contribution >= 4 is 45.8 Å². The lowest BCUT2D eigenvalue weighted by molar-refractivity contribution is 0.387. The topological polar surface area (TPSA) is 17.8 Å². The van der Waals surface area contributed by atoms with E-state index in [9.17, 15) is 0 Å². The number of aromatic nitrogens is 2. The second kappa shape index (κ2) is 5.98. The Kier molecular flexibility index (Phi) is 4.40. The first-order valence-corrected chi connectivity index (χ1v) is 8.78. The normalized spacial score (nSPS) is 16.6. The summed E-state index contributed by atoms with van der Waals surface area (Å²) < 4.78 is 2.31. The number of alkyl halides is 1. The molecule has 0 N–H and O–H groups in total. The van der Waals surface area contributed by atoms with Crippen molar-refractivity contribution in [3.05, 3.63) is 28.0 Å². The minimum Gasteiger partial charge on any atom is -0.327 e. The molecule has 0 bridgehead atoms. The van der Waals surface area contributed by atoms with E-state index < -0.39 is 0 Å². The summed E-state index contributed by atoms with van der Waals surface area (Å²) in [5, 5.41) is 1.14. The van der Waals surface area contributed by atoms with Gasteiger partial charge in [-0.05, 0) is 36.8 Å². The van der Waals surface area contributed by atoms with Crippen LogP contribution in [0, 0.1) is 5.41 Å². The van der Waals surface area contributed by atoms with Gasteiger partial charge in [0.25, 0.3) is 0 Å². The van der Waals surface area contributed by atoms with Crippen LogP contribution in [0.25, 0.3) is 11.0 Å². The maximum Gasteiger partial charge on any atom is 0.111 e. The summed E-state index contributed by atoms with van der Waals surface area (Å²) in [6.07, 6.45) is 5.89. The fraction of sp³-hybridized carbons (Fsp3) is 0.562. The van der Waals surface area contributed by atoms with Gasteiger partial charge in [-0.1, -0.05) is 36.5 Å². The van der Waals surface area contributed by atoms with E-state index >= 15 is 0 Å². The number of hydrogen-bond acceptors (Lipinski definition) is 1. The lowest BCUT2D eigenvalue weighted by atomic mass is 10.0. The second-order valence-corrected chi connectivity index (χ2v) is 7.25. The molecule has 114 valence electrons. The molecule has 1 saturated carbocycles. The van der Waals surface area contributed by atoms with Gasteiger partial charge in [0.05, 0.1) is 21.1 Å². The Morgan fingerprint density at radius 2 is 1.95 bits per heavy atom. The number of fused-ring (bicyclic) bond motifs is 1. The summed E-state index contributed by atoms with van der Waals surface area (Å²) in [7, 11) is 0. The third-order valence-electron chi connectivity index (χ3n) is 4.42. The summed E-state index contributed by atoms with van der Waals surface area (Å²) >= 11 is 18.2. The molecule has 1 fully saturated rings. The number of halogens is 3. The summed E-state index contributed by atoms with van der Waals surface area (Å²) in [5.41, 5.74) is 2.44. The number of aryl methyl sites for hydroxylation is 1. The Hall–Kier alpha value is -0.440. The van der Waals surface area contributed by atoms with E-state index in [2.05, 4.69) is 11.5 Å². The molecule has 0 saturated heterocycles. The van der Waals surface area contributed by atoms with Crippen LogP contribution >= 0.6 is 34.8 Å². The zero-order valence-corrected chi connectivity index (χ0v) is 14.4. The predicted molar refractivity (Wildman–Crippen MR) is 90.8 cm³/mol.